The molecule has 0 spiro atoms. The summed E-state index contributed by atoms with van der Waals surface area (Å²) < 4.78 is 0. The number of hydrogen-bond acceptors (Lipinski definition) is 0. The molecule has 1 nitrogen and oxygen atoms in total. The molecule has 28 valence electrons. The first-order valence-electron chi connectivity index (χ1n) is 0. The Balaban J connectivity index is 0. The van der Waals surface area contributed by atoms with E-state index in [1.807, 2.05) is 0 Å². The predicted molar refractivity (Wildman–Crippen MR) is 40.6 cm³/mol. The van der Waals surface area contributed by atoms with Crippen molar-refractivity contribution in [3.8, 4) is 0 Å². The van der Waals surface area contributed by atoms with Gasteiger partial charge in [-0.05, 0) is 0 Å². The van der Waals surface area contributed by atoms with Crippen LogP contribution in [0.5, 0.6) is 0 Å². The fourth-order valence-corrected chi connectivity index (χ4v) is 0. The molecule has 5 heteroatoms. The van der Waals surface area contributed by atoms with Crippen molar-refractivity contribution in [2.24, 2.45) is 0 Å². The van der Waals surface area contributed by atoms with Gasteiger partial charge in [0.15, 0.2) is 17.4 Å². The van der Waals surface area contributed by atoms with Crippen LogP contribution in [-0.2, 0) is 0 Å². The third-order valence-corrected chi connectivity index (χ3v) is 0. The molecule has 0 atom stereocenters. The van der Waals surface area contributed by atoms with E-state index < -0.39 is 0 Å². The van der Waals surface area contributed by atoms with Crippen molar-refractivity contribution in [2.75, 3.05) is 0 Å². The Kier molecular flexibility index (Phi) is 209. The summed E-state index contributed by atoms with van der Waals surface area (Å²) in [6.07, 6.45) is 0. The molecule has 0 aromatic heterocycles. The van der Waals surface area contributed by atoms with Crippen LogP contribution >= 0.6 is 0 Å². The molecule has 0 aliphatic rings. The molecular weight excluding hydrogens is 231 g/mol. The van der Waals surface area contributed by atoms with E-state index in [-0.39, 0.29) is 118 Å². The number of rotatable bonds is 0. The molecule has 0 saturated heterocycles. The maximum absolute atomic E-state index is 0. The molecule has 5 heavy (non-hydrogen) atoms. The van der Waals surface area contributed by atoms with Gasteiger partial charge >= 0.3 is 86.6 Å². The Bertz CT molecular complexity index is 11.6. The summed E-state index contributed by atoms with van der Waals surface area (Å²) in [4.78, 5) is 0. The second-order valence-electron chi connectivity index (χ2n) is 0. The van der Waals surface area contributed by atoms with Gasteiger partial charge < -0.3 is 5.48 Å². The second kappa shape index (κ2) is 26.3. The first kappa shape index (κ1) is 39.9. The van der Waals surface area contributed by atoms with Crippen LogP contribution in [0.15, 0.2) is 0 Å². The monoisotopic (exact) mass is 244 g/mol. The SMILES string of the molecule is B.O.[AlH3].[BaH2].[CaH2]. The van der Waals surface area contributed by atoms with Crippen LogP contribution < -0.4 is 0 Å². The molecule has 0 rings (SSSR count). The Labute approximate surface area is 115 Å². The van der Waals surface area contributed by atoms with Crippen LogP contribution in [0.25, 0.3) is 0 Å². The topological polar surface area (TPSA) is 31.5 Å². The first-order chi connectivity index (χ1) is 0. The quantitative estimate of drug-likeness (QED) is 0.382. The van der Waals surface area contributed by atoms with E-state index in [1.165, 1.54) is 0 Å². The summed E-state index contributed by atoms with van der Waals surface area (Å²) in [5, 5.41) is 0. The average Bonchev–Trinajstić information content (AvgIpc) is 0. The van der Waals surface area contributed by atoms with Gasteiger partial charge in [0.25, 0.3) is 0 Å². The van der Waals surface area contributed by atoms with Gasteiger partial charge in [-0.3, -0.25) is 0 Å². The maximum atomic E-state index is 0. The van der Waals surface area contributed by atoms with E-state index in [9.17, 15) is 0 Å². The van der Waals surface area contributed by atoms with Crippen molar-refractivity contribution in [3.63, 3.8) is 0 Å². The van der Waals surface area contributed by atoms with E-state index in [0.29, 0.717) is 0 Å². The number of hydrogen-bond donors (Lipinski definition) is 0. The van der Waals surface area contributed by atoms with E-state index in [0.717, 1.165) is 0 Å². The molecule has 0 aromatic rings. The van der Waals surface area contributed by atoms with Gasteiger partial charge in [0, 0.05) is 0 Å². The van der Waals surface area contributed by atoms with Crippen molar-refractivity contribution >= 4 is 112 Å². The third-order valence-electron chi connectivity index (χ3n) is 0. The summed E-state index contributed by atoms with van der Waals surface area (Å²) >= 11 is 0. The zero-order valence-corrected chi connectivity index (χ0v) is 0.500. The van der Waals surface area contributed by atoms with Crippen LogP contribution in [0, 0.1) is 0 Å². The fourth-order valence-electron chi connectivity index (χ4n) is 0. The van der Waals surface area contributed by atoms with Gasteiger partial charge in [-0.15, -0.1) is 0 Å². The Hall–Kier alpha value is 3.39. The summed E-state index contributed by atoms with van der Waals surface area (Å²) in [6.45, 7) is 0. The molecular formula is H12AlBBaCaO. The average molecular weight is 243 g/mol. The Morgan fingerprint density at radius 1 is 1.00 bits per heavy atom. The third kappa shape index (κ3) is 18.7. The Morgan fingerprint density at radius 3 is 1.00 bits per heavy atom. The summed E-state index contributed by atoms with van der Waals surface area (Å²) in [6, 6.07) is 0. The van der Waals surface area contributed by atoms with Gasteiger partial charge in [-0.25, -0.2) is 0 Å². The van der Waals surface area contributed by atoms with Crippen LogP contribution in [0.2, 0.25) is 0 Å². The summed E-state index contributed by atoms with van der Waals surface area (Å²) in [7, 11) is 0. The molecule has 0 bridgehead atoms. The van der Waals surface area contributed by atoms with Crippen LogP contribution in [0.4, 0.5) is 0 Å². The zero-order chi connectivity index (χ0) is 0. The minimum atomic E-state index is 0. The molecule has 0 aliphatic heterocycles. The van der Waals surface area contributed by atoms with E-state index in [2.05, 4.69) is 0 Å². The van der Waals surface area contributed by atoms with Crippen LogP contribution in [-0.4, -0.2) is 118 Å². The molecule has 0 fully saturated rings. The Morgan fingerprint density at radius 2 is 1.00 bits per heavy atom. The van der Waals surface area contributed by atoms with E-state index >= 15 is 0 Å². The standard InChI is InChI=1S/Al.BH3.Ba.Ca.H2O.7H/h;1H3;;;1H2;;;;;;;. The molecule has 0 heterocycles. The van der Waals surface area contributed by atoms with Gasteiger partial charge in [-0.1, -0.05) is 0 Å². The van der Waals surface area contributed by atoms with Crippen molar-refractivity contribution in [2.45, 2.75) is 0 Å². The van der Waals surface area contributed by atoms with E-state index in [1.54, 1.807) is 0 Å². The van der Waals surface area contributed by atoms with Gasteiger partial charge in [0.1, 0.15) is 0 Å². The fraction of sp³-hybridized carbons (Fsp3) is 0. The van der Waals surface area contributed by atoms with Gasteiger partial charge in [0.05, 0.1) is 8.41 Å². The van der Waals surface area contributed by atoms with Crippen molar-refractivity contribution < 1.29 is 5.48 Å². The van der Waals surface area contributed by atoms with Crippen LogP contribution in [0.3, 0.4) is 0 Å². The molecule has 0 amide bonds. The van der Waals surface area contributed by atoms with Crippen molar-refractivity contribution in [3.05, 3.63) is 0 Å². The molecule has 0 aromatic carbocycles. The van der Waals surface area contributed by atoms with Gasteiger partial charge in [-0.2, -0.15) is 0 Å². The second-order valence-corrected chi connectivity index (χ2v) is 0. The summed E-state index contributed by atoms with van der Waals surface area (Å²) in [5.74, 6) is 0. The first-order valence-corrected chi connectivity index (χ1v) is 0. The molecule has 0 radical (unpaired) electrons. The van der Waals surface area contributed by atoms with Crippen molar-refractivity contribution in [1.29, 1.82) is 0 Å². The van der Waals surface area contributed by atoms with Crippen molar-refractivity contribution in [1.82, 2.24) is 0 Å². The summed E-state index contributed by atoms with van der Waals surface area (Å²) in [5.41, 5.74) is 0. The minimum absolute atomic E-state index is 0. The molecule has 0 unspecified atom stereocenters. The predicted octanol–water partition coefficient (Wildman–Crippen LogP) is -5.02. The van der Waals surface area contributed by atoms with Gasteiger partial charge in [0.2, 0.25) is 0 Å². The molecule has 0 saturated carbocycles. The van der Waals surface area contributed by atoms with Crippen LogP contribution in [0.1, 0.15) is 0 Å². The van der Waals surface area contributed by atoms with E-state index in [4.69, 9.17) is 0 Å². The normalized spacial score (nSPS) is 0. The molecule has 2 N–H and O–H groups in total. The zero-order valence-electron chi connectivity index (χ0n) is 0.500. The molecule has 0 aliphatic carbocycles.